The summed E-state index contributed by atoms with van der Waals surface area (Å²) in [7, 11) is 0. The van der Waals surface area contributed by atoms with Crippen LogP contribution in [0.25, 0.3) is 0 Å². The highest BCUT2D eigenvalue weighted by Crippen LogP contribution is 2.63. The first-order valence-corrected chi connectivity index (χ1v) is 11.5. The zero-order valence-corrected chi connectivity index (χ0v) is 17.1. The maximum Gasteiger partial charge on any atom is -0.0118 e. The summed E-state index contributed by atoms with van der Waals surface area (Å²) in [6, 6.07) is 0. The maximum atomic E-state index is 2.57. The third-order valence-electron chi connectivity index (χ3n) is 8.73. The standard InChI is InChI=1S/C25H40/c1-18-12-13-22-17-25(24(18)22)14-8-5-4-6-11-23-20(3)19(2)16-21(23)10-7-9-15-25/h12,19-20,22,24H,4-11,13-17H2,1-3H3/t19-,20+,22-,24+,25?/m1/s1. The van der Waals surface area contributed by atoms with E-state index in [0.29, 0.717) is 5.41 Å². The fourth-order valence-corrected chi connectivity index (χ4v) is 7.28. The Morgan fingerprint density at radius 3 is 2.44 bits per heavy atom. The van der Waals surface area contributed by atoms with Crippen molar-refractivity contribution in [3.8, 4) is 0 Å². The van der Waals surface area contributed by atoms with E-state index >= 15 is 0 Å². The second-order valence-electron chi connectivity index (χ2n) is 10.2. The highest BCUT2D eigenvalue weighted by molar-refractivity contribution is 5.25. The molecule has 1 unspecified atom stereocenters. The number of rotatable bonds is 0. The molecule has 0 radical (unpaired) electrons. The van der Waals surface area contributed by atoms with E-state index in [1.54, 1.807) is 12.0 Å². The molecular weight excluding hydrogens is 300 g/mol. The van der Waals surface area contributed by atoms with Gasteiger partial charge in [-0.15, -0.1) is 0 Å². The zero-order chi connectivity index (χ0) is 17.4. The molecule has 0 aromatic heterocycles. The Morgan fingerprint density at radius 2 is 1.64 bits per heavy atom. The third-order valence-corrected chi connectivity index (χ3v) is 8.73. The van der Waals surface area contributed by atoms with E-state index in [1.165, 1.54) is 77.0 Å². The molecule has 5 atom stereocenters. The lowest BCUT2D eigenvalue weighted by Gasteiger charge is -2.55. The molecule has 0 N–H and O–H groups in total. The van der Waals surface area contributed by atoms with Gasteiger partial charge in [-0.25, -0.2) is 0 Å². The summed E-state index contributed by atoms with van der Waals surface area (Å²) in [6.07, 6.45) is 21.6. The number of hydrogen-bond donors (Lipinski definition) is 0. The van der Waals surface area contributed by atoms with Crippen molar-refractivity contribution in [2.75, 3.05) is 0 Å². The molecule has 0 aliphatic heterocycles. The van der Waals surface area contributed by atoms with Gasteiger partial charge in [-0.2, -0.15) is 0 Å². The third kappa shape index (κ3) is 3.28. The van der Waals surface area contributed by atoms with Gasteiger partial charge >= 0.3 is 0 Å². The van der Waals surface area contributed by atoms with Crippen molar-refractivity contribution in [3.05, 3.63) is 22.8 Å². The first kappa shape index (κ1) is 17.9. The monoisotopic (exact) mass is 340 g/mol. The van der Waals surface area contributed by atoms with Crippen molar-refractivity contribution >= 4 is 0 Å². The topological polar surface area (TPSA) is 0 Å². The Bertz CT molecular complexity index is 550. The summed E-state index contributed by atoms with van der Waals surface area (Å²) < 4.78 is 0. The SMILES string of the molecule is CC1=CC[C@@H]2CC3(CCCCCCC4=C(CCCC3)C[C@@H](C)[C@@H]4C)[C@@H]12. The molecule has 0 nitrogen and oxygen atoms in total. The van der Waals surface area contributed by atoms with Crippen molar-refractivity contribution in [1.29, 1.82) is 0 Å². The molecule has 0 aromatic rings. The average molecular weight is 341 g/mol. The molecule has 4 aliphatic carbocycles. The Kier molecular flexibility index (Phi) is 5.18. The highest BCUT2D eigenvalue weighted by atomic mass is 14.6. The minimum atomic E-state index is 0.712. The minimum Gasteiger partial charge on any atom is -0.0850 e. The van der Waals surface area contributed by atoms with Crippen LogP contribution in [-0.2, 0) is 0 Å². The predicted molar refractivity (Wildman–Crippen MR) is 109 cm³/mol. The fourth-order valence-electron chi connectivity index (χ4n) is 7.28. The normalized spacial score (nSPS) is 42.8. The first-order valence-electron chi connectivity index (χ1n) is 11.5. The summed E-state index contributed by atoms with van der Waals surface area (Å²) in [5.41, 5.74) is 6.24. The van der Waals surface area contributed by atoms with Crippen molar-refractivity contribution in [1.82, 2.24) is 0 Å². The van der Waals surface area contributed by atoms with Crippen molar-refractivity contribution in [2.24, 2.45) is 29.1 Å². The molecule has 0 heterocycles. The smallest absolute Gasteiger partial charge is 0.0118 e. The summed E-state index contributed by atoms with van der Waals surface area (Å²) in [5.74, 6) is 3.77. The van der Waals surface area contributed by atoms with Crippen LogP contribution in [0.3, 0.4) is 0 Å². The highest BCUT2D eigenvalue weighted by Gasteiger charge is 2.54. The van der Waals surface area contributed by atoms with Crippen LogP contribution in [0.1, 0.15) is 104 Å². The van der Waals surface area contributed by atoms with Crippen molar-refractivity contribution < 1.29 is 0 Å². The minimum absolute atomic E-state index is 0.712. The van der Waals surface area contributed by atoms with Crippen LogP contribution >= 0.6 is 0 Å². The van der Waals surface area contributed by atoms with Gasteiger partial charge in [0.15, 0.2) is 0 Å². The van der Waals surface area contributed by atoms with E-state index in [2.05, 4.69) is 26.8 Å². The van der Waals surface area contributed by atoms with Crippen LogP contribution in [0.2, 0.25) is 0 Å². The van der Waals surface area contributed by atoms with Crippen LogP contribution in [0.15, 0.2) is 22.8 Å². The van der Waals surface area contributed by atoms with Crippen molar-refractivity contribution in [2.45, 2.75) is 104 Å². The number of hydrogen-bond acceptors (Lipinski definition) is 0. The van der Waals surface area contributed by atoms with Gasteiger partial charge < -0.3 is 0 Å². The van der Waals surface area contributed by atoms with E-state index in [4.69, 9.17) is 0 Å². The Morgan fingerprint density at radius 1 is 0.920 bits per heavy atom. The lowest BCUT2D eigenvalue weighted by Crippen LogP contribution is -2.46. The molecular formula is C25H40. The second kappa shape index (κ2) is 7.24. The van der Waals surface area contributed by atoms with E-state index in [1.807, 2.05) is 11.1 Å². The Labute approximate surface area is 156 Å². The van der Waals surface area contributed by atoms with E-state index in [9.17, 15) is 0 Å². The van der Waals surface area contributed by atoms with Gasteiger partial charge in [0, 0.05) is 0 Å². The molecule has 1 spiro atoms. The zero-order valence-electron chi connectivity index (χ0n) is 17.1. The Balaban J connectivity index is 1.43. The number of allylic oxidation sites excluding steroid dienone is 4. The maximum absolute atomic E-state index is 2.57. The van der Waals surface area contributed by atoms with Gasteiger partial charge in [0.2, 0.25) is 0 Å². The van der Waals surface area contributed by atoms with E-state index in [-0.39, 0.29) is 0 Å². The fraction of sp³-hybridized carbons (Fsp3) is 0.840. The number of fused-ring (bicyclic) bond motifs is 2. The van der Waals surface area contributed by atoms with Crippen LogP contribution in [-0.4, -0.2) is 0 Å². The molecule has 140 valence electrons. The average Bonchev–Trinajstić information content (AvgIpc) is 3.02. The first-order chi connectivity index (χ1) is 12.1. The molecule has 0 bridgehead atoms. The molecule has 0 saturated heterocycles. The van der Waals surface area contributed by atoms with Gasteiger partial charge in [-0.1, -0.05) is 62.3 Å². The molecule has 0 aromatic carbocycles. The molecule has 1 fully saturated rings. The van der Waals surface area contributed by atoms with E-state index < -0.39 is 0 Å². The van der Waals surface area contributed by atoms with Gasteiger partial charge in [-0.05, 0) is 93.8 Å². The van der Waals surface area contributed by atoms with Gasteiger partial charge in [-0.3, -0.25) is 0 Å². The lowest BCUT2D eigenvalue weighted by atomic mass is 9.50. The van der Waals surface area contributed by atoms with Gasteiger partial charge in [0.05, 0.1) is 0 Å². The van der Waals surface area contributed by atoms with Crippen LogP contribution in [0.4, 0.5) is 0 Å². The molecule has 25 heavy (non-hydrogen) atoms. The van der Waals surface area contributed by atoms with E-state index in [0.717, 1.165) is 23.7 Å². The quantitative estimate of drug-likeness (QED) is 0.394. The van der Waals surface area contributed by atoms with Crippen LogP contribution in [0, 0.1) is 29.1 Å². The molecule has 0 amide bonds. The largest absolute Gasteiger partial charge is 0.0850 e. The van der Waals surface area contributed by atoms with Crippen LogP contribution < -0.4 is 0 Å². The van der Waals surface area contributed by atoms with Gasteiger partial charge in [0.25, 0.3) is 0 Å². The van der Waals surface area contributed by atoms with Crippen LogP contribution in [0.5, 0.6) is 0 Å². The summed E-state index contributed by atoms with van der Waals surface area (Å²) in [4.78, 5) is 0. The molecule has 0 heteroatoms. The Hall–Kier alpha value is -0.520. The predicted octanol–water partition coefficient (Wildman–Crippen LogP) is 7.85. The molecule has 4 aliphatic rings. The second-order valence-corrected chi connectivity index (χ2v) is 10.2. The molecule has 1 saturated carbocycles. The summed E-state index contributed by atoms with van der Waals surface area (Å²) >= 11 is 0. The van der Waals surface area contributed by atoms with Crippen molar-refractivity contribution in [3.63, 3.8) is 0 Å². The summed E-state index contributed by atoms with van der Waals surface area (Å²) in [6.45, 7) is 7.43. The van der Waals surface area contributed by atoms with Gasteiger partial charge in [0.1, 0.15) is 0 Å². The summed E-state index contributed by atoms with van der Waals surface area (Å²) in [5, 5.41) is 0. The lowest BCUT2D eigenvalue weighted by molar-refractivity contribution is -0.0265. The molecule has 4 rings (SSSR count).